The van der Waals surface area contributed by atoms with Crippen molar-refractivity contribution in [3.63, 3.8) is 0 Å². The number of carbonyl (C=O) groups excluding carboxylic acids is 1. The molecule has 13 heteroatoms. The Balaban J connectivity index is 1.38. The number of aliphatic imine (C=N–C) groups is 1. The Morgan fingerprint density at radius 3 is 2.40 bits per heavy atom. The number of carbonyl (C=O) groups is 1. The zero-order chi connectivity index (χ0) is 24.8. The number of nitrogens with zero attached hydrogens (tertiary/aromatic N) is 2. The number of nitrogens with one attached hydrogen (secondary N) is 3. The first-order valence-electron chi connectivity index (χ1n) is 10.4. The second-order valence-corrected chi connectivity index (χ2v) is 9.73. The number of anilines is 1. The van der Waals surface area contributed by atoms with Gasteiger partial charge >= 0.3 is 6.36 Å². The molecule has 182 valence electrons. The molecule has 2 aliphatic rings. The maximum absolute atomic E-state index is 12.8. The number of hydrogen-bond donors (Lipinski definition) is 3. The van der Waals surface area contributed by atoms with Crippen LogP contribution in [0.1, 0.15) is 17.0 Å². The highest BCUT2D eigenvalue weighted by Crippen LogP contribution is 2.42. The fourth-order valence-electron chi connectivity index (χ4n) is 4.30. The number of hydrogen-bond acceptors (Lipinski definition) is 7. The summed E-state index contributed by atoms with van der Waals surface area (Å²) in [7, 11) is -4.02. The predicted octanol–water partition coefficient (Wildman–Crippen LogP) is 3.12. The van der Waals surface area contributed by atoms with Gasteiger partial charge < -0.3 is 10.1 Å². The Hall–Kier alpha value is -3.71. The molecule has 2 aromatic carbocycles. The molecule has 0 saturated carbocycles. The summed E-state index contributed by atoms with van der Waals surface area (Å²) in [6.45, 7) is 0.686. The van der Waals surface area contributed by atoms with Gasteiger partial charge in [-0.25, -0.2) is 13.4 Å². The highest BCUT2D eigenvalue weighted by Gasteiger charge is 2.41. The van der Waals surface area contributed by atoms with Gasteiger partial charge in [0, 0.05) is 29.4 Å². The highest BCUT2D eigenvalue weighted by atomic mass is 32.2. The third kappa shape index (κ3) is 4.64. The summed E-state index contributed by atoms with van der Waals surface area (Å²) >= 11 is 0. The van der Waals surface area contributed by atoms with Gasteiger partial charge in [-0.05, 0) is 42.0 Å². The summed E-state index contributed by atoms with van der Waals surface area (Å²) in [5, 5.41) is 9.91. The van der Waals surface area contributed by atoms with Crippen molar-refractivity contribution in [3.8, 4) is 5.75 Å². The molecular weight excluding hydrogens is 487 g/mol. The molecule has 1 saturated heterocycles. The minimum absolute atomic E-state index is 0.0110. The lowest BCUT2D eigenvalue weighted by Crippen LogP contribution is -2.48. The standard InChI is InChI=1S/C22H18F3N5O4S/c23-22(24,25)34-14-5-3-13(4-6-14)30-35(32,33)15-7-1-12(2-8-15)19-16-9-27-29-21(16)28-17-10-26-11-18(31)20(17)19/h1-9,19-20,26,30H,10-11H2,(H,27,29). The van der Waals surface area contributed by atoms with Gasteiger partial charge in [0.2, 0.25) is 0 Å². The number of benzene rings is 2. The van der Waals surface area contributed by atoms with Crippen molar-refractivity contribution in [2.24, 2.45) is 10.9 Å². The average Bonchev–Trinajstić information content (AvgIpc) is 3.26. The van der Waals surface area contributed by atoms with E-state index in [1.807, 2.05) is 0 Å². The summed E-state index contributed by atoms with van der Waals surface area (Å²) in [5.74, 6) is -0.750. The molecule has 2 atom stereocenters. The number of H-pyrrole nitrogens is 1. The molecule has 1 aromatic heterocycles. The molecule has 0 spiro atoms. The number of sulfonamides is 1. The largest absolute Gasteiger partial charge is 0.573 e. The van der Waals surface area contributed by atoms with Crippen molar-refractivity contribution in [3.05, 3.63) is 65.9 Å². The SMILES string of the molecule is O=C1CNCC2=Nc3[nH]ncc3C(c3ccc(S(=O)(=O)Nc4ccc(OC(F)(F)F)cc4)cc3)C12. The lowest BCUT2D eigenvalue weighted by atomic mass is 9.74. The van der Waals surface area contributed by atoms with Gasteiger partial charge in [0.1, 0.15) is 5.75 Å². The molecular formula is C22H18F3N5O4S. The molecule has 3 aromatic rings. The number of Topliss-reactive ketones (excluding diaryl/α,β-unsaturated/α-hetero) is 1. The summed E-state index contributed by atoms with van der Waals surface area (Å²) in [6.07, 6.45) is -3.22. The lowest BCUT2D eigenvalue weighted by Gasteiger charge is -2.34. The summed E-state index contributed by atoms with van der Waals surface area (Å²) in [6, 6.07) is 10.4. The van der Waals surface area contributed by atoms with Crippen LogP contribution in [0, 0.1) is 5.92 Å². The molecule has 2 unspecified atom stereocenters. The van der Waals surface area contributed by atoms with E-state index in [0.29, 0.717) is 18.1 Å². The van der Waals surface area contributed by atoms with Gasteiger partial charge in [-0.15, -0.1) is 13.2 Å². The molecule has 3 N–H and O–H groups in total. The average molecular weight is 505 g/mol. The zero-order valence-electron chi connectivity index (χ0n) is 17.8. The van der Waals surface area contributed by atoms with Crippen LogP contribution in [0.25, 0.3) is 0 Å². The summed E-state index contributed by atoms with van der Waals surface area (Å²) < 4.78 is 68.7. The van der Waals surface area contributed by atoms with Crippen LogP contribution in [0.3, 0.4) is 0 Å². The molecule has 0 bridgehead atoms. The summed E-state index contributed by atoms with van der Waals surface area (Å²) in [5.41, 5.74) is 2.25. The second kappa shape index (κ2) is 8.50. The first kappa shape index (κ1) is 23.1. The Bertz CT molecular complexity index is 1400. The molecule has 2 aliphatic heterocycles. The van der Waals surface area contributed by atoms with Crippen molar-refractivity contribution in [1.82, 2.24) is 15.5 Å². The van der Waals surface area contributed by atoms with E-state index in [4.69, 9.17) is 0 Å². The normalized spacial score (nSPS) is 20.0. The van der Waals surface area contributed by atoms with Crippen molar-refractivity contribution >= 4 is 33.0 Å². The minimum Gasteiger partial charge on any atom is -0.406 e. The number of piperidine rings is 1. The zero-order valence-corrected chi connectivity index (χ0v) is 18.7. The predicted molar refractivity (Wildman–Crippen MR) is 119 cm³/mol. The topological polar surface area (TPSA) is 126 Å². The van der Waals surface area contributed by atoms with E-state index in [-0.39, 0.29) is 28.8 Å². The molecule has 5 rings (SSSR count). The molecule has 0 amide bonds. The van der Waals surface area contributed by atoms with Crippen molar-refractivity contribution in [2.45, 2.75) is 17.2 Å². The Morgan fingerprint density at radius 1 is 1.00 bits per heavy atom. The molecule has 9 nitrogen and oxygen atoms in total. The summed E-state index contributed by atoms with van der Waals surface area (Å²) in [4.78, 5) is 17.2. The highest BCUT2D eigenvalue weighted by molar-refractivity contribution is 7.92. The smallest absolute Gasteiger partial charge is 0.406 e. The Kier molecular flexibility index (Phi) is 5.60. The first-order valence-corrected chi connectivity index (χ1v) is 11.9. The number of fused-ring (bicyclic) bond motifs is 2. The molecule has 0 aliphatic carbocycles. The maximum atomic E-state index is 12.8. The van der Waals surface area contributed by atoms with Crippen LogP contribution in [-0.4, -0.2) is 49.6 Å². The number of alkyl halides is 3. The van der Waals surface area contributed by atoms with Crippen LogP contribution in [-0.2, 0) is 14.8 Å². The molecule has 1 fully saturated rings. The third-order valence-corrected chi connectivity index (χ3v) is 7.17. The monoisotopic (exact) mass is 505 g/mol. The third-order valence-electron chi connectivity index (χ3n) is 5.77. The van der Waals surface area contributed by atoms with E-state index >= 15 is 0 Å². The Morgan fingerprint density at radius 2 is 1.71 bits per heavy atom. The van der Waals surface area contributed by atoms with E-state index in [0.717, 1.165) is 23.3 Å². The van der Waals surface area contributed by atoms with E-state index in [2.05, 4.69) is 30.0 Å². The number of aromatic amines is 1. The van der Waals surface area contributed by atoms with E-state index in [1.165, 1.54) is 24.3 Å². The van der Waals surface area contributed by atoms with Gasteiger partial charge in [-0.1, -0.05) is 12.1 Å². The van der Waals surface area contributed by atoms with Gasteiger partial charge in [-0.2, -0.15) is 5.10 Å². The van der Waals surface area contributed by atoms with Crippen LogP contribution >= 0.6 is 0 Å². The van der Waals surface area contributed by atoms with Gasteiger partial charge in [0.25, 0.3) is 10.0 Å². The van der Waals surface area contributed by atoms with Crippen molar-refractivity contribution in [1.29, 1.82) is 0 Å². The number of ether oxygens (including phenoxy) is 1. The number of rotatable bonds is 5. The van der Waals surface area contributed by atoms with Gasteiger partial charge in [0.15, 0.2) is 11.6 Å². The molecule has 35 heavy (non-hydrogen) atoms. The Labute approximate surface area is 197 Å². The lowest BCUT2D eigenvalue weighted by molar-refractivity contribution is -0.274. The van der Waals surface area contributed by atoms with Gasteiger partial charge in [-0.3, -0.25) is 14.6 Å². The van der Waals surface area contributed by atoms with E-state index in [9.17, 15) is 26.4 Å². The quantitative estimate of drug-likeness (QED) is 0.489. The molecule has 3 heterocycles. The minimum atomic E-state index is -4.84. The van der Waals surface area contributed by atoms with Crippen LogP contribution in [0.2, 0.25) is 0 Å². The van der Waals surface area contributed by atoms with Crippen molar-refractivity contribution < 1.29 is 31.1 Å². The van der Waals surface area contributed by atoms with E-state index in [1.54, 1.807) is 18.3 Å². The van der Waals surface area contributed by atoms with Gasteiger partial charge in [0.05, 0.1) is 23.6 Å². The van der Waals surface area contributed by atoms with Crippen LogP contribution in [0.15, 0.2) is 64.6 Å². The van der Waals surface area contributed by atoms with E-state index < -0.39 is 28.1 Å². The fraction of sp³-hybridized carbons (Fsp3) is 0.227. The first-order chi connectivity index (χ1) is 16.6. The number of aromatic nitrogens is 2. The molecule has 0 radical (unpaired) electrons. The second-order valence-electron chi connectivity index (χ2n) is 8.05. The number of halogens is 3. The maximum Gasteiger partial charge on any atom is 0.573 e. The van der Waals surface area contributed by atoms with Crippen LogP contribution in [0.4, 0.5) is 24.7 Å². The van der Waals surface area contributed by atoms with Crippen molar-refractivity contribution in [2.75, 3.05) is 17.8 Å². The number of ketones is 1. The van der Waals surface area contributed by atoms with Crippen LogP contribution in [0.5, 0.6) is 5.75 Å². The fourth-order valence-corrected chi connectivity index (χ4v) is 5.36. The van der Waals surface area contributed by atoms with Crippen LogP contribution < -0.4 is 14.8 Å².